The molecule has 1 fully saturated rings. The summed E-state index contributed by atoms with van der Waals surface area (Å²) in [5, 5.41) is 10.9. The monoisotopic (exact) mass is 413 g/mol. The lowest BCUT2D eigenvalue weighted by Gasteiger charge is -2.22. The summed E-state index contributed by atoms with van der Waals surface area (Å²) >= 11 is 0. The van der Waals surface area contributed by atoms with Gasteiger partial charge in [0.25, 0.3) is 11.6 Å². The zero-order chi connectivity index (χ0) is 21.4. The van der Waals surface area contributed by atoms with Crippen LogP contribution in [0.5, 0.6) is 0 Å². The Bertz CT molecular complexity index is 1270. The third-order valence-corrected chi connectivity index (χ3v) is 5.64. The van der Waals surface area contributed by atoms with E-state index in [1.54, 1.807) is 4.90 Å². The summed E-state index contributed by atoms with van der Waals surface area (Å²) in [6.45, 7) is 0.592. The van der Waals surface area contributed by atoms with Gasteiger partial charge in [-0.25, -0.2) is 4.98 Å². The van der Waals surface area contributed by atoms with E-state index in [1.165, 1.54) is 24.3 Å². The summed E-state index contributed by atoms with van der Waals surface area (Å²) < 4.78 is 6.02. The predicted octanol–water partition coefficient (Wildman–Crippen LogP) is 5.38. The number of nitro benzene ring substituents is 1. The van der Waals surface area contributed by atoms with E-state index in [0.717, 1.165) is 29.5 Å². The van der Waals surface area contributed by atoms with Crippen LogP contribution in [0, 0.1) is 10.1 Å². The number of rotatable bonds is 4. The molecule has 0 aliphatic carbocycles. The van der Waals surface area contributed by atoms with Crippen LogP contribution in [0.1, 0.15) is 35.1 Å². The predicted molar refractivity (Wildman–Crippen MR) is 116 cm³/mol. The number of amides is 1. The van der Waals surface area contributed by atoms with E-state index < -0.39 is 4.92 Å². The largest absolute Gasteiger partial charge is 0.438 e. The number of aromatic nitrogens is 1. The van der Waals surface area contributed by atoms with Gasteiger partial charge < -0.3 is 9.32 Å². The summed E-state index contributed by atoms with van der Waals surface area (Å²) in [7, 11) is 0. The van der Waals surface area contributed by atoms with Crippen molar-refractivity contribution in [1.29, 1.82) is 0 Å². The zero-order valence-corrected chi connectivity index (χ0v) is 16.6. The van der Waals surface area contributed by atoms with E-state index in [-0.39, 0.29) is 17.6 Å². The standard InChI is InChI=1S/C24H19N3O4/c28-24(17-8-11-19(12-9-17)27(29)30)26-14-4-7-21(26)23-25-20-15-18(10-13-22(20)31-23)16-5-2-1-3-6-16/h1-3,5-6,8-13,15,21H,4,7,14H2. The molecule has 31 heavy (non-hydrogen) atoms. The second-order valence-corrected chi connectivity index (χ2v) is 7.56. The Morgan fingerprint density at radius 1 is 1.03 bits per heavy atom. The molecule has 1 unspecified atom stereocenters. The number of carbonyl (C=O) groups is 1. The molecule has 7 heteroatoms. The molecule has 5 rings (SSSR count). The molecule has 0 N–H and O–H groups in total. The van der Waals surface area contributed by atoms with Crippen LogP contribution in [-0.4, -0.2) is 27.3 Å². The van der Waals surface area contributed by atoms with E-state index in [9.17, 15) is 14.9 Å². The van der Waals surface area contributed by atoms with E-state index in [2.05, 4.69) is 0 Å². The molecule has 0 saturated carbocycles. The van der Waals surface area contributed by atoms with Gasteiger partial charge in [0.2, 0.25) is 5.89 Å². The number of benzene rings is 3. The van der Waals surface area contributed by atoms with Crippen molar-refractivity contribution >= 4 is 22.7 Å². The second kappa shape index (κ2) is 7.68. The maximum absolute atomic E-state index is 13.1. The third kappa shape index (κ3) is 3.54. The molecule has 1 saturated heterocycles. The molecule has 7 nitrogen and oxygen atoms in total. The van der Waals surface area contributed by atoms with E-state index in [1.807, 2.05) is 48.5 Å². The highest BCUT2D eigenvalue weighted by atomic mass is 16.6. The lowest BCUT2D eigenvalue weighted by atomic mass is 10.1. The fraction of sp³-hybridized carbons (Fsp3) is 0.167. The minimum absolute atomic E-state index is 0.0392. The number of hydrogen-bond donors (Lipinski definition) is 0. The van der Waals surface area contributed by atoms with E-state index in [0.29, 0.717) is 23.6 Å². The molecule has 154 valence electrons. The van der Waals surface area contributed by atoms with Crippen LogP contribution in [0.4, 0.5) is 5.69 Å². The number of nitrogens with zero attached hydrogens (tertiary/aromatic N) is 3. The van der Waals surface area contributed by atoms with E-state index in [4.69, 9.17) is 9.40 Å². The van der Waals surface area contributed by atoms with Crippen molar-refractivity contribution in [1.82, 2.24) is 9.88 Å². The number of non-ortho nitro benzene ring substituents is 1. The molecular weight excluding hydrogens is 394 g/mol. The number of fused-ring (bicyclic) bond motifs is 1. The smallest absolute Gasteiger partial charge is 0.269 e. The van der Waals surface area contributed by atoms with Crippen molar-refractivity contribution < 1.29 is 14.1 Å². The molecular formula is C24H19N3O4. The minimum Gasteiger partial charge on any atom is -0.438 e. The SMILES string of the molecule is O=C(c1ccc([N+](=O)[O-])cc1)N1CCCC1c1nc2cc(-c3ccccc3)ccc2o1. The second-order valence-electron chi connectivity index (χ2n) is 7.56. The summed E-state index contributed by atoms with van der Waals surface area (Å²) in [4.78, 5) is 29.9. The Morgan fingerprint density at radius 3 is 2.55 bits per heavy atom. The quantitative estimate of drug-likeness (QED) is 0.331. The number of nitro groups is 1. The molecule has 1 aliphatic rings. The molecule has 1 amide bonds. The molecule has 1 aliphatic heterocycles. The Kier molecular flexibility index (Phi) is 4.71. The number of carbonyl (C=O) groups excluding carboxylic acids is 1. The van der Waals surface area contributed by atoms with Gasteiger partial charge in [-0.2, -0.15) is 0 Å². The molecule has 3 aromatic carbocycles. The summed E-state index contributed by atoms with van der Waals surface area (Å²) in [6.07, 6.45) is 1.61. The van der Waals surface area contributed by atoms with E-state index >= 15 is 0 Å². The van der Waals surface area contributed by atoms with Crippen molar-refractivity contribution in [3.63, 3.8) is 0 Å². The zero-order valence-electron chi connectivity index (χ0n) is 16.6. The van der Waals surface area contributed by atoms with Gasteiger partial charge in [0.15, 0.2) is 5.58 Å². The fourth-order valence-electron chi connectivity index (χ4n) is 4.06. The van der Waals surface area contributed by atoms with Crippen molar-refractivity contribution in [2.24, 2.45) is 0 Å². The fourth-order valence-corrected chi connectivity index (χ4v) is 4.06. The number of likely N-dealkylation sites (tertiary alicyclic amines) is 1. The van der Waals surface area contributed by atoms with Crippen LogP contribution < -0.4 is 0 Å². The average molecular weight is 413 g/mol. The lowest BCUT2D eigenvalue weighted by molar-refractivity contribution is -0.384. The first-order valence-electron chi connectivity index (χ1n) is 10.1. The molecule has 1 atom stereocenters. The van der Waals surface area contributed by atoms with Gasteiger partial charge in [0, 0.05) is 24.2 Å². The maximum Gasteiger partial charge on any atom is 0.269 e. The van der Waals surface area contributed by atoms with Gasteiger partial charge in [-0.3, -0.25) is 14.9 Å². The van der Waals surface area contributed by atoms with Crippen molar-refractivity contribution in [3.8, 4) is 11.1 Å². The highest BCUT2D eigenvalue weighted by Crippen LogP contribution is 2.35. The third-order valence-electron chi connectivity index (χ3n) is 5.64. The Hall–Kier alpha value is -4.00. The van der Waals surface area contributed by atoms with Crippen LogP contribution >= 0.6 is 0 Å². The summed E-state index contributed by atoms with van der Waals surface area (Å²) in [6, 6.07) is 21.4. The van der Waals surface area contributed by atoms with Crippen molar-refractivity contribution in [2.75, 3.05) is 6.54 Å². The van der Waals surface area contributed by atoms with Crippen LogP contribution in [0.3, 0.4) is 0 Å². The first-order chi connectivity index (χ1) is 15.1. The molecule has 4 aromatic rings. The van der Waals surface area contributed by atoms with Crippen LogP contribution in [0.15, 0.2) is 77.2 Å². The first kappa shape index (κ1) is 19.0. The first-order valence-corrected chi connectivity index (χ1v) is 10.1. The van der Waals surface area contributed by atoms with Gasteiger partial charge in [0.1, 0.15) is 11.6 Å². The van der Waals surface area contributed by atoms with Crippen LogP contribution in [0.2, 0.25) is 0 Å². The normalized spacial score (nSPS) is 16.0. The van der Waals surface area contributed by atoms with Gasteiger partial charge in [0.05, 0.1) is 4.92 Å². The Morgan fingerprint density at radius 2 is 1.81 bits per heavy atom. The summed E-state index contributed by atoms with van der Waals surface area (Å²) in [5.74, 6) is 0.345. The number of hydrogen-bond acceptors (Lipinski definition) is 5. The van der Waals surface area contributed by atoms with Gasteiger partial charge in [-0.05, 0) is 48.2 Å². The van der Waals surface area contributed by atoms with Crippen molar-refractivity contribution in [3.05, 3.63) is 94.4 Å². The van der Waals surface area contributed by atoms with Gasteiger partial charge in [-0.15, -0.1) is 0 Å². The van der Waals surface area contributed by atoms with Crippen LogP contribution in [0.25, 0.3) is 22.2 Å². The number of oxazole rings is 1. The Labute approximate surface area is 178 Å². The molecule has 0 radical (unpaired) electrons. The highest BCUT2D eigenvalue weighted by molar-refractivity contribution is 5.95. The average Bonchev–Trinajstić information content (AvgIpc) is 3.45. The Balaban J connectivity index is 1.43. The highest BCUT2D eigenvalue weighted by Gasteiger charge is 2.34. The molecule has 1 aromatic heterocycles. The van der Waals surface area contributed by atoms with Crippen LogP contribution in [-0.2, 0) is 0 Å². The maximum atomic E-state index is 13.1. The molecule has 0 bridgehead atoms. The topological polar surface area (TPSA) is 89.5 Å². The molecule has 2 heterocycles. The van der Waals surface area contributed by atoms with Crippen molar-refractivity contribution in [2.45, 2.75) is 18.9 Å². The summed E-state index contributed by atoms with van der Waals surface area (Å²) in [5.41, 5.74) is 3.97. The van der Waals surface area contributed by atoms with Gasteiger partial charge in [-0.1, -0.05) is 36.4 Å². The molecule has 0 spiro atoms. The van der Waals surface area contributed by atoms with Gasteiger partial charge >= 0.3 is 0 Å². The lowest BCUT2D eigenvalue weighted by Crippen LogP contribution is -2.30. The minimum atomic E-state index is -0.477.